The Labute approximate surface area is 148 Å². The second-order valence-electron chi connectivity index (χ2n) is 6.79. The van der Waals surface area contributed by atoms with E-state index in [2.05, 4.69) is 35.5 Å². The van der Waals surface area contributed by atoms with Crippen LogP contribution in [0.25, 0.3) is 0 Å². The number of guanidine groups is 1. The highest BCUT2D eigenvalue weighted by Gasteiger charge is 2.48. The fraction of sp³-hybridized carbons (Fsp3) is 0.500. The highest BCUT2D eigenvalue weighted by atomic mass is 16.2. The molecule has 3 rings (SSSR count). The fourth-order valence-electron chi connectivity index (χ4n) is 3.15. The number of hydrogen-bond acceptors (Lipinski definition) is 5. The summed E-state index contributed by atoms with van der Waals surface area (Å²) in [7, 11) is 1.67. The minimum absolute atomic E-state index is 0.225. The average Bonchev–Trinajstić information content (AvgIpc) is 2.91. The first kappa shape index (κ1) is 17.3. The van der Waals surface area contributed by atoms with Gasteiger partial charge in [0.1, 0.15) is 0 Å². The molecule has 2 aliphatic rings. The Morgan fingerprint density at radius 3 is 2.80 bits per heavy atom. The van der Waals surface area contributed by atoms with Crippen LogP contribution in [0.5, 0.6) is 0 Å². The number of nitrogens with zero attached hydrogens (tertiary/aromatic N) is 3. The van der Waals surface area contributed by atoms with Crippen molar-refractivity contribution in [2.45, 2.75) is 52.0 Å². The molecule has 0 aromatic heterocycles. The zero-order chi connectivity index (χ0) is 18.1. The molecule has 0 radical (unpaired) electrons. The zero-order valence-electron chi connectivity index (χ0n) is 15.1. The zero-order valence-corrected chi connectivity index (χ0v) is 15.1. The third kappa shape index (κ3) is 3.31. The largest absolute Gasteiger partial charge is 0.354 e. The third-order valence-electron chi connectivity index (χ3n) is 4.78. The number of carbonyl (C=O) groups excluding carboxylic acids is 2. The van der Waals surface area contributed by atoms with Crippen molar-refractivity contribution in [1.29, 1.82) is 0 Å². The lowest BCUT2D eigenvalue weighted by molar-refractivity contribution is -0.127. The van der Waals surface area contributed by atoms with Gasteiger partial charge >= 0.3 is 6.03 Å². The van der Waals surface area contributed by atoms with Crippen LogP contribution < -0.4 is 10.6 Å². The molecule has 7 nitrogen and oxygen atoms in total. The summed E-state index contributed by atoms with van der Waals surface area (Å²) in [6, 6.07) is 7.49. The molecule has 1 fully saturated rings. The van der Waals surface area contributed by atoms with E-state index in [0.29, 0.717) is 12.5 Å². The molecule has 2 aliphatic heterocycles. The van der Waals surface area contributed by atoms with Gasteiger partial charge in [-0.1, -0.05) is 36.8 Å². The van der Waals surface area contributed by atoms with Gasteiger partial charge in [0, 0.05) is 19.6 Å². The van der Waals surface area contributed by atoms with E-state index in [4.69, 9.17) is 0 Å². The van der Waals surface area contributed by atoms with Gasteiger partial charge < -0.3 is 15.1 Å². The van der Waals surface area contributed by atoms with Gasteiger partial charge in [0.15, 0.2) is 18.2 Å². The number of hydrogen-bond donors (Lipinski definition) is 2. The van der Waals surface area contributed by atoms with Crippen molar-refractivity contribution in [3.63, 3.8) is 0 Å². The molecular weight excluding hydrogens is 318 g/mol. The monoisotopic (exact) mass is 343 g/mol. The molecule has 3 unspecified atom stereocenters. The van der Waals surface area contributed by atoms with Gasteiger partial charge in [0.05, 0.1) is 0 Å². The lowest BCUT2D eigenvalue weighted by Gasteiger charge is -2.36. The standard InChI is InChI=1S/C18H25N5O2/c1-5-12(3)19-17-20-15-14(16(24)21-18(25)22(15)4)23(17)10-13-8-6-7-11(2)9-13/h6-9,12,14-15H,5,10H2,1-4H3,(H,19,20)(H,21,24,25). The molecule has 1 aromatic carbocycles. The van der Waals surface area contributed by atoms with E-state index in [1.165, 1.54) is 10.5 Å². The maximum atomic E-state index is 12.5. The topological polar surface area (TPSA) is 77.0 Å². The highest BCUT2D eigenvalue weighted by Crippen LogP contribution is 2.25. The molecule has 134 valence electrons. The summed E-state index contributed by atoms with van der Waals surface area (Å²) in [5, 5.41) is 5.80. The molecule has 0 aliphatic carbocycles. The maximum absolute atomic E-state index is 12.5. The van der Waals surface area contributed by atoms with E-state index in [1.807, 2.05) is 30.0 Å². The lowest BCUT2D eigenvalue weighted by atomic mass is 10.1. The summed E-state index contributed by atoms with van der Waals surface area (Å²) in [6.07, 6.45) is 0.436. The van der Waals surface area contributed by atoms with Crippen LogP contribution in [0.3, 0.4) is 0 Å². The lowest BCUT2D eigenvalue weighted by Crippen LogP contribution is -2.64. The van der Waals surface area contributed by atoms with Crippen LogP contribution in [0.2, 0.25) is 0 Å². The van der Waals surface area contributed by atoms with Crippen LogP contribution in [0.1, 0.15) is 31.4 Å². The van der Waals surface area contributed by atoms with Gasteiger partial charge in [0.2, 0.25) is 0 Å². The quantitative estimate of drug-likeness (QED) is 0.867. The van der Waals surface area contributed by atoms with E-state index in [-0.39, 0.29) is 11.9 Å². The van der Waals surface area contributed by atoms with E-state index >= 15 is 0 Å². The number of benzene rings is 1. The van der Waals surface area contributed by atoms with Crippen molar-refractivity contribution in [3.05, 3.63) is 35.4 Å². The van der Waals surface area contributed by atoms with Gasteiger partial charge in [0.25, 0.3) is 5.91 Å². The Morgan fingerprint density at radius 1 is 1.36 bits per heavy atom. The number of imide groups is 1. The summed E-state index contributed by atoms with van der Waals surface area (Å²) < 4.78 is 0. The van der Waals surface area contributed by atoms with Crippen LogP contribution in [0, 0.1) is 6.92 Å². The summed E-state index contributed by atoms with van der Waals surface area (Å²) in [5.41, 5.74) is 2.27. The predicted molar refractivity (Wildman–Crippen MR) is 95.9 cm³/mol. The van der Waals surface area contributed by atoms with E-state index in [0.717, 1.165) is 12.0 Å². The molecule has 0 saturated carbocycles. The number of rotatable bonds is 4. The van der Waals surface area contributed by atoms with Gasteiger partial charge in [-0.3, -0.25) is 10.1 Å². The van der Waals surface area contributed by atoms with Gasteiger partial charge in [-0.05, 0) is 25.8 Å². The minimum atomic E-state index is -0.519. The second-order valence-corrected chi connectivity index (χ2v) is 6.79. The molecule has 0 bridgehead atoms. The van der Waals surface area contributed by atoms with Gasteiger partial charge in [-0.2, -0.15) is 0 Å². The highest BCUT2D eigenvalue weighted by molar-refractivity contribution is 6.03. The third-order valence-corrected chi connectivity index (χ3v) is 4.78. The molecular formula is C18H25N5O2. The summed E-state index contributed by atoms with van der Waals surface area (Å²) in [6.45, 7) is 6.76. The molecule has 1 aromatic rings. The van der Waals surface area contributed by atoms with E-state index in [9.17, 15) is 9.59 Å². The number of aliphatic imine (C=N–C) groups is 1. The number of aryl methyl sites for hydroxylation is 1. The number of likely N-dealkylation sites (N-methyl/N-ethyl adjacent to an activating group) is 1. The molecule has 7 heteroatoms. The molecule has 2 heterocycles. The Kier molecular flexibility index (Phi) is 4.65. The Bertz CT molecular complexity index is 717. The smallest absolute Gasteiger partial charge is 0.325 e. The van der Waals surface area contributed by atoms with Crippen LogP contribution in [0.15, 0.2) is 29.3 Å². The van der Waals surface area contributed by atoms with Crippen molar-refractivity contribution < 1.29 is 9.59 Å². The van der Waals surface area contributed by atoms with Crippen molar-refractivity contribution in [1.82, 2.24) is 20.4 Å². The summed E-state index contributed by atoms with van der Waals surface area (Å²) in [4.78, 5) is 32.5. The molecule has 3 amide bonds. The van der Waals surface area contributed by atoms with E-state index in [1.54, 1.807) is 7.05 Å². The van der Waals surface area contributed by atoms with Gasteiger partial charge in [-0.15, -0.1) is 0 Å². The van der Waals surface area contributed by atoms with Crippen LogP contribution in [-0.2, 0) is 11.3 Å². The maximum Gasteiger partial charge on any atom is 0.325 e. The Hall–Kier alpha value is -2.57. The number of urea groups is 1. The minimum Gasteiger partial charge on any atom is -0.354 e. The molecule has 1 saturated heterocycles. The fourth-order valence-corrected chi connectivity index (χ4v) is 3.15. The molecule has 3 atom stereocenters. The average molecular weight is 343 g/mol. The number of amides is 3. The second kappa shape index (κ2) is 6.74. The normalized spacial score (nSPS) is 23.9. The molecule has 2 N–H and O–H groups in total. The predicted octanol–water partition coefficient (Wildman–Crippen LogP) is 1.43. The van der Waals surface area contributed by atoms with Crippen LogP contribution in [0.4, 0.5) is 4.79 Å². The Morgan fingerprint density at radius 2 is 2.12 bits per heavy atom. The molecule has 0 spiro atoms. The van der Waals surface area contributed by atoms with Crippen molar-refractivity contribution in [2.24, 2.45) is 4.99 Å². The van der Waals surface area contributed by atoms with Gasteiger partial charge in [-0.25, -0.2) is 9.79 Å². The van der Waals surface area contributed by atoms with Crippen molar-refractivity contribution in [3.8, 4) is 0 Å². The first-order valence-electron chi connectivity index (χ1n) is 8.65. The first-order valence-corrected chi connectivity index (χ1v) is 8.65. The van der Waals surface area contributed by atoms with Crippen molar-refractivity contribution in [2.75, 3.05) is 7.05 Å². The van der Waals surface area contributed by atoms with Crippen LogP contribution in [-0.4, -0.2) is 53.0 Å². The SMILES string of the molecule is CCC(C)NC1=NC2C(C(=O)NC(=O)N2C)N1Cc1cccc(C)c1. The number of carbonyl (C=O) groups is 2. The summed E-state index contributed by atoms with van der Waals surface area (Å²) >= 11 is 0. The number of nitrogens with one attached hydrogen (secondary N) is 2. The summed E-state index contributed by atoms with van der Waals surface area (Å²) in [5.74, 6) is 0.369. The van der Waals surface area contributed by atoms with Crippen molar-refractivity contribution >= 4 is 17.9 Å². The first-order chi connectivity index (χ1) is 11.9. The Balaban J connectivity index is 1.92. The molecule has 25 heavy (non-hydrogen) atoms. The number of fused-ring (bicyclic) bond motifs is 1. The van der Waals surface area contributed by atoms with E-state index < -0.39 is 18.2 Å². The van der Waals surface area contributed by atoms with Crippen LogP contribution >= 0.6 is 0 Å².